The predicted molar refractivity (Wildman–Crippen MR) is 76.5 cm³/mol. The number of carbonyl (C=O) groups is 1. The van der Waals surface area contributed by atoms with E-state index in [1.807, 2.05) is 11.8 Å². The maximum atomic E-state index is 12.6. The van der Waals surface area contributed by atoms with Crippen LogP contribution in [0.3, 0.4) is 0 Å². The number of rotatable bonds is 3. The molecular formula is C15H19N3O3. The first-order valence-corrected chi connectivity index (χ1v) is 7.24. The van der Waals surface area contributed by atoms with Gasteiger partial charge >= 0.3 is 0 Å². The molecule has 1 amide bonds. The first kappa shape index (κ1) is 13.9. The third-order valence-electron chi connectivity index (χ3n) is 3.91. The molecule has 1 aliphatic rings. The molecule has 2 atom stereocenters. The minimum atomic E-state index is -0.126. The molecule has 21 heavy (non-hydrogen) atoms. The van der Waals surface area contributed by atoms with Crippen molar-refractivity contribution in [1.82, 2.24) is 10.1 Å². The number of nitrogens with two attached hydrogens (primary N) is 1. The molecule has 3 heterocycles. The van der Waals surface area contributed by atoms with E-state index in [2.05, 4.69) is 5.16 Å². The van der Waals surface area contributed by atoms with Gasteiger partial charge in [0.25, 0.3) is 5.91 Å². The van der Waals surface area contributed by atoms with Gasteiger partial charge in [-0.3, -0.25) is 4.79 Å². The summed E-state index contributed by atoms with van der Waals surface area (Å²) in [5.74, 6) is 0.889. The number of hydrogen-bond donors (Lipinski definition) is 1. The Labute approximate surface area is 122 Å². The van der Waals surface area contributed by atoms with Crippen LogP contribution < -0.4 is 5.73 Å². The highest BCUT2D eigenvalue weighted by molar-refractivity contribution is 5.93. The number of carbonyl (C=O) groups excluding carboxylic acids is 1. The monoisotopic (exact) mass is 289 g/mol. The molecule has 0 aromatic carbocycles. The molecular weight excluding hydrogens is 270 g/mol. The summed E-state index contributed by atoms with van der Waals surface area (Å²) in [5.41, 5.74) is 6.30. The average molecular weight is 289 g/mol. The van der Waals surface area contributed by atoms with Crippen LogP contribution in [-0.4, -0.2) is 34.6 Å². The summed E-state index contributed by atoms with van der Waals surface area (Å²) < 4.78 is 10.4. The van der Waals surface area contributed by atoms with E-state index in [9.17, 15) is 4.79 Å². The Balaban J connectivity index is 1.81. The lowest BCUT2D eigenvalue weighted by molar-refractivity contribution is 0.0573. The van der Waals surface area contributed by atoms with Crippen LogP contribution >= 0.6 is 0 Å². The van der Waals surface area contributed by atoms with Crippen molar-refractivity contribution in [1.29, 1.82) is 0 Å². The molecule has 0 radical (unpaired) electrons. The molecule has 6 heteroatoms. The SMILES string of the molecule is CC(N)C1CCCCN1C(=O)c1cc(-c2ccco2)on1. The zero-order chi connectivity index (χ0) is 14.8. The molecule has 1 aliphatic heterocycles. The van der Waals surface area contributed by atoms with Crippen molar-refractivity contribution in [2.24, 2.45) is 5.73 Å². The second-order valence-electron chi connectivity index (χ2n) is 5.47. The summed E-state index contributed by atoms with van der Waals surface area (Å²) in [4.78, 5) is 14.4. The number of nitrogens with zero attached hydrogens (tertiary/aromatic N) is 2. The summed E-state index contributed by atoms with van der Waals surface area (Å²) in [6.45, 7) is 2.65. The van der Waals surface area contributed by atoms with E-state index in [0.29, 0.717) is 23.8 Å². The summed E-state index contributed by atoms with van der Waals surface area (Å²) >= 11 is 0. The van der Waals surface area contributed by atoms with Crippen LogP contribution in [0, 0.1) is 0 Å². The van der Waals surface area contributed by atoms with Gasteiger partial charge < -0.3 is 19.6 Å². The van der Waals surface area contributed by atoms with Crippen LogP contribution in [0.15, 0.2) is 33.4 Å². The highest BCUT2D eigenvalue weighted by Gasteiger charge is 2.31. The summed E-state index contributed by atoms with van der Waals surface area (Å²) in [6, 6.07) is 5.16. The Morgan fingerprint density at radius 2 is 2.33 bits per heavy atom. The lowest BCUT2D eigenvalue weighted by Crippen LogP contribution is -2.51. The second kappa shape index (κ2) is 5.73. The largest absolute Gasteiger partial charge is 0.461 e. The van der Waals surface area contributed by atoms with Crippen molar-refractivity contribution in [2.45, 2.75) is 38.3 Å². The third kappa shape index (κ3) is 2.71. The van der Waals surface area contributed by atoms with Gasteiger partial charge in [-0.15, -0.1) is 0 Å². The molecule has 3 rings (SSSR count). The lowest BCUT2D eigenvalue weighted by Gasteiger charge is -2.37. The number of piperidine rings is 1. The molecule has 2 aromatic heterocycles. The number of furan rings is 1. The van der Waals surface area contributed by atoms with E-state index in [4.69, 9.17) is 14.7 Å². The smallest absolute Gasteiger partial charge is 0.276 e. The molecule has 0 aliphatic carbocycles. The highest BCUT2D eigenvalue weighted by Crippen LogP contribution is 2.24. The Bertz CT molecular complexity index is 603. The van der Waals surface area contributed by atoms with Crippen molar-refractivity contribution >= 4 is 5.91 Å². The van der Waals surface area contributed by atoms with Crippen molar-refractivity contribution in [3.63, 3.8) is 0 Å². The van der Waals surface area contributed by atoms with Gasteiger partial charge in [0.05, 0.1) is 6.26 Å². The van der Waals surface area contributed by atoms with E-state index in [1.54, 1.807) is 24.5 Å². The third-order valence-corrected chi connectivity index (χ3v) is 3.91. The Hall–Kier alpha value is -2.08. The average Bonchev–Trinajstić information content (AvgIpc) is 3.17. The Morgan fingerprint density at radius 1 is 1.48 bits per heavy atom. The normalized spacial score (nSPS) is 20.5. The first-order chi connectivity index (χ1) is 10.2. The summed E-state index contributed by atoms with van der Waals surface area (Å²) in [5, 5.41) is 3.87. The van der Waals surface area contributed by atoms with Crippen LogP contribution in [0.5, 0.6) is 0 Å². The van der Waals surface area contributed by atoms with Crippen LogP contribution in [0.2, 0.25) is 0 Å². The standard InChI is InChI=1S/C15H19N3O3/c1-10(16)12-5-2-3-7-18(12)15(19)11-9-14(21-17-11)13-6-4-8-20-13/h4,6,8-10,12H,2-3,5,7,16H2,1H3. The molecule has 1 fully saturated rings. The van der Waals surface area contributed by atoms with E-state index in [-0.39, 0.29) is 18.0 Å². The topological polar surface area (TPSA) is 85.5 Å². The molecule has 1 saturated heterocycles. The van der Waals surface area contributed by atoms with Gasteiger partial charge in [0.1, 0.15) is 0 Å². The number of aromatic nitrogens is 1. The fraction of sp³-hybridized carbons (Fsp3) is 0.467. The maximum absolute atomic E-state index is 12.6. The van der Waals surface area contributed by atoms with Crippen LogP contribution in [-0.2, 0) is 0 Å². The first-order valence-electron chi connectivity index (χ1n) is 7.24. The van der Waals surface area contributed by atoms with E-state index >= 15 is 0 Å². The van der Waals surface area contributed by atoms with Gasteiger partial charge in [-0.1, -0.05) is 5.16 Å². The fourth-order valence-electron chi connectivity index (χ4n) is 2.81. The quantitative estimate of drug-likeness (QED) is 0.936. The van der Waals surface area contributed by atoms with Crippen molar-refractivity contribution in [3.8, 4) is 11.5 Å². The molecule has 2 unspecified atom stereocenters. The van der Waals surface area contributed by atoms with Crippen molar-refractivity contribution in [2.75, 3.05) is 6.54 Å². The number of likely N-dealkylation sites (tertiary alicyclic amines) is 1. The lowest BCUT2D eigenvalue weighted by atomic mass is 9.96. The van der Waals surface area contributed by atoms with Crippen LogP contribution in [0.25, 0.3) is 11.5 Å². The summed E-state index contributed by atoms with van der Waals surface area (Å²) in [7, 11) is 0. The van der Waals surface area contributed by atoms with Crippen LogP contribution in [0.1, 0.15) is 36.7 Å². The molecule has 2 aromatic rings. The highest BCUT2D eigenvalue weighted by atomic mass is 16.5. The van der Waals surface area contributed by atoms with Crippen molar-refractivity contribution in [3.05, 3.63) is 30.2 Å². The van der Waals surface area contributed by atoms with Gasteiger partial charge in [-0.05, 0) is 38.3 Å². The predicted octanol–water partition coefficient (Wildman–Crippen LogP) is 2.28. The molecule has 112 valence electrons. The van der Waals surface area contributed by atoms with E-state index in [0.717, 1.165) is 19.3 Å². The minimum Gasteiger partial charge on any atom is -0.461 e. The minimum absolute atomic E-state index is 0.0503. The van der Waals surface area contributed by atoms with E-state index in [1.165, 1.54) is 0 Å². The molecule has 0 saturated carbocycles. The Morgan fingerprint density at radius 3 is 3.05 bits per heavy atom. The fourth-order valence-corrected chi connectivity index (χ4v) is 2.81. The van der Waals surface area contributed by atoms with Gasteiger partial charge in [-0.25, -0.2) is 0 Å². The van der Waals surface area contributed by atoms with Crippen molar-refractivity contribution < 1.29 is 13.7 Å². The van der Waals surface area contributed by atoms with Gasteiger partial charge in [0.15, 0.2) is 11.5 Å². The summed E-state index contributed by atoms with van der Waals surface area (Å²) in [6.07, 6.45) is 4.59. The zero-order valence-electron chi connectivity index (χ0n) is 12.0. The molecule has 2 N–H and O–H groups in total. The molecule has 0 spiro atoms. The Kier molecular flexibility index (Phi) is 3.79. The zero-order valence-corrected chi connectivity index (χ0v) is 12.0. The van der Waals surface area contributed by atoms with Gasteiger partial charge in [0, 0.05) is 24.7 Å². The molecule has 0 bridgehead atoms. The molecule has 6 nitrogen and oxygen atoms in total. The number of hydrogen-bond acceptors (Lipinski definition) is 5. The van der Waals surface area contributed by atoms with Gasteiger partial charge in [-0.2, -0.15) is 0 Å². The number of amides is 1. The second-order valence-corrected chi connectivity index (χ2v) is 5.47. The van der Waals surface area contributed by atoms with Crippen LogP contribution in [0.4, 0.5) is 0 Å². The van der Waals surface area contributed by atoms with E-state index < -0.39 is 0 Å². The maximum Gasteiger partial charge on any atom is 0.276 e. The van der Waals surface area contributed by atoms with Gasteiger partial charge in [0.2, 0.25) is 5.76 Å².